The Labute approximate surface area is 128 Å². The van der Waals surface area contributed by atoms with Crippen LogP contribution in [0.15, 0.2) is 0 Å². The van der Waals surface area contributed by atoms with Gasteiger partial charge in [0.2, 0.25) is 11.8 Å². The summed E-state index contributed by atoms with van der Waals surface area (Å²) in [4.78, 5) is 25.2. The summed E-state index contributed by atoms with van der Waals surface area (Å²) in [7, 11) is 3.28. The predicted molar refractivity (Wildman–Crippen MR) is 83.8 cm³/mol. The lowest BCUT2D eigenvalue weighted by Crippen LogP contribution is -2.39. The van der Waals surface area contributed by atoms with Gasteiger partial charge in [-0.25, -0.2) is 0 Å². The molecule has 0 heterocycles. The van der Waals surface area contributed by atoms with E-state index in [1.807, 2.05) is 0 Å². The molecule has 0 aliphatic carbocycles. The van der Waals surface area contributed by atoms with E-state index < -0.39 is 0 Å². The molecule has 6 nitrogen and oxygen atoms in total. The Balaban J connectivity index is 4.04. The van der Waals surface area contributed by atoms with Gasteiger partial charge in [-0.3, -0.25) is 9.59 Å². The van der Waals surface area contributed by atoms with Gasteiger partial charge in [-0.05, 0) is 31.2 Å². The standard InChI is InChI=1S/C15H31N3O3/c1-12(2)8-13(10-16)9-15(20)18(3)11-14(19)17-6-5-7-21-4/h12-13H,5-11,16H2,1-4H3,(H,17,19). The number of likely N-dealkylation sites (N-methyl/N-ethyl adjacent to an activating group) is 1. The number of hydrogen-bond acceptors (Lipinski definition) is 4. The molecule has 0 spiro atoms. The summed E-state index contributed by atoms with van der Waals surface area (Å²) in [6, 6.07) is 0. The minimum absolute atomic E-state index is 0.0295. The highest BCUT2D eigenvalue weighted by Crippen LogP contribution is 2.15. The normalized spacial score (nSPS) is 12.3. The molecule has 0 aromatic heterocycles. The van der Waals surface area contributed by atoms with Gasteiger partial charge in [0.15, 0.2) is 0 Å². The van der Waals surface area contributed by atoms with Crippen LogP contribution in [0.4, 0.5) is 0 Å². The zero-order valence-electron chi connectivity index (χ0n) is 13.9. The van der Waals surface area contributed by atoms with E-state index >= 15 is 0 Å². The Morgan fingerprint density at radius 3 is 2.52 bits per heavy atom. The summed E-state index contributed by atoms with van der Waals surface area (Å²) in [5, 5.41) is 2.77. The maximum atomic E-state index is 12.1. The third-order valence-corrected chi connectivity index (χ3v) is 3.26. The Hall–Kier alpha value is -1.14. The van der Waals surface area contributed by atoms with E-state index in [1.54, 1.807) is 14.2 Å². The number of hydrogen-bond donors (Lipinski definition) is 2. The molecule has 6 heteroatoms. The van der Waals surface area contributed by atoms with Gasteiger partial charge in [-0.2, -0.15) is 0 Å². The van der Waals surface area contributed by atoms with Crippen LogP contribution in [0.1, 0.15) is 33.1 Å². The lowest BCUT2D eigenvalue weighted by molar-refractivity contribution is -0.135. The molecule has 1 atom stereocenters. The fourth-order valence-corrected chi connectivity index (χ4v) is 2.14. The third-order valence-electron chi connectivity index (χ3n) is 3.26. The van der Waals surface area contributed by atoms with E-state index in [-0.39, 0.29) is 24.3 Å². The van der Waals surface area contributed by atoms with Crippen LogP contribution in [-0.4, -0.2) is 57.1 Å². The van der Waals surface area contributed by atoms with Crippen molar-refractivity contribution in [3.63, 3.8) is 0 Å². The molecule has 2 amide bonds. The first-order chi connectivity index (χ1) is 9.90. The zero-order chi connectivity index (χ0) is 16.3. The van der Waals surface area contributed by atoms with Gasteiger partial charge in [-0.15, -0.1) is 0 Å². The highest BCUT2D eigenvalue weighted by Gasteiger charge is 2.18. The largest absolute Gasteiger partial charge is 0.385 e. The van der Waals surface area contributed by atoms with Crippen LogP contribution in [-0.2, 0) is 14.3 Å². The van der Waals surface area contributed by atoms with Crippen molar-refractivity contribution in [3.05, 3.63) is 0 Å². The number of amides is 2. The number of rotatable bonds is 11. The number of methoxy groups -OCH3 is 1. The lowest BCUT2D eigenvalue weighted by Gasteiger charge is -2.21. The average Bonchev–Trinajstić information content (AvgIpc) is 2.42. The van der Waals surface area contributed by atoms with Gasteiger partial charge in [0.25, 0.3) is 0 Å². The molecule has 21 heavy (non-hydrogen) atoms. The number of nitrogens with one attached hydrogen (secondary N) is 1. The van der Waals surface area contributed by atoms with E-state index in [2.05, 4.69) is 19.2 Å². The summed E-state index contributed by atoms with van der Waals surface area (Å²) in [6.45, 7) is 6.00. The van der Waals surface area contributed by atoms with Crippen molar-refractivity contribution >= 4 is 11.8 Å². The van der Waals surface area contributed by atoms with Gasteiger partial charge >= 0.3 is 0 Å². The minimum Gasteiger partial charge on any atom is -0.385 e. The molecule has 0 fully saturated rings. The van der Waals surface area contributed by atoms with E-state index in [1.165, 1.54) is 4.90 Å². The maximum Gasteiger partial charge on any atom is 0.239 e. The Morgan fingerprint density at radius 1 is 1.33 bits per heavy atom. The number of carbonyl (C=O) groups excluding carboxylic acids is 2. The number of carbonyl (C=O) groups is 2. The first kappa shape index (κ1) is 19.9. The zero-order valence-corrected chi connectivity index (χ0v) is 13.9. The summed E-state index contributed by atoms with van der Waals surface area (Å²) in [6.07, 6.45) is 2.10. The molecule has 0 aromatic carbocycles. The number of ether oxygens (including phenoxy) is 1. The fourth-order valence-electron chi connectivity index (χ4n) is 2.14. The lowest BCUT2D eigenvalue weighted by atomic mass is 9.94. The van der Waals surface area contributed by atoms with Gasteiger partial charge in [-0.1, -0.05) is 13.8 Å². The van der Waals surface area contributed by atoms with Crippen LogP contribution in [0, 0.1) is 11.8 Å². The molecule has 0 saturated carbocycles. The highest BCUT2D eigenvalue weighted by molar-refractivity contribution is 5.84. The second-order valence-corrected chi connectivity index (χ2v) is 5.88. The van der Waals surface area contributed by atoms with Crippen LogP contribution in [0.2, 0.25) is 0 Å². The van der Waals surface area contributed by atoms with Crippen LogP contribution in [0.5, 0.6) is 0 Å². The molecule has 3 N–H and O–H groups in total. The van der Waals surface area contributed by atoms with Gasteiger partial charge in [0.05, 0.1) is 6.54 Å². The van der Waals surface area contributed by atoms with Gasteiger partial charge in [0, 0.05) is 33.7 Å². The molecular weight excluding hydrogens is 270 g/mol. The van der Waals surface area contributed by atoms with Crippen molar-refractivity contribution in [2.75, 3.05) is 40.4 Å². The molecule has 1 unspecified atom stereocenters. The Bertz CT molecular complexity index is 309. The van der Waals surface area contributed by atoms with Crippen molar-refractivity contribution < 1.29 is 14.3 Å². The Kier molecular flexibility index (Phi) is 10.9. The Morgan fingerprint density at radius 2 is 2.00 bits per heavy atom. The first-order valence-corrected chi connectivity index (χ1v) is 7.60. The topological polar surface area (TPSA) is 84.7 Å². The molecular formula is C15H31N3O3. The van der Waals surface area contributed by atoms with Crippen molar-refractivity contribution in [1.82, 2.24) is 10.2 Å². The highest BCUT2D eigenvalue weighted by atomic mass is 16.5. The van der Waals surface area contributed by atoms with Crippen molar-refractivity contribution in [3.8, 4) is 0 Å². The quantitative estimate of drug-likeness (QED) is 0.548. The molecule has 0 aliphatic rings. The van der Waals surface area contributed by atoms with Crippen LogP contribution in [0.25, 0.3) is 0 Å². The average molecular weight is 301 g/mol. The van der Waals surface area contributed by atoms with E-state index in [9.17, 15) is 9.59 Å². The van der Waals surface area contributed by atoms with Crippen LogP contribution in [0.3, 0.4) is 0 Å². The fraction of sp³-hybridized carbons (Fsp3) is 0.867. The van der Waals surface area contributed by atoms with Gasteiger partial charge < -0.3 is 20.7 Å². The van der Waals surface area contributed by atoms with Crippen molar-refractivity contribution in [2.24, 2.45) is 17.6 Å². The third kappa shape index (κ3) is 10.3. The second kappa shape index (κ2) is 11.5. The molecule has 0 rings (SSSR count). The summed E-state index contributed by atoms with van der Waals surface area (Å²) in [5.74, 6) is 0.527. The van der Waals surface area contributed by atoms with Crippen molar-refractivity contribution in [1.29, 1.82) is 0 Å². The summed E-state index contributed by atoms with van der Waals surface area (Å²) in [5.41, 5.74) is 5.70. The number of nitrogens with two attached hydrogens (primary N) is 1. The second-order valence-electron chi connectivity index (χ2n) is 5.88. The SMILES string of the molecule is COCCCNC(=O)CN(C)C(=O)CC(CN)CC(C)C. The maximum absolute atomic E-state index is 12.1. The number of nitrogens with zero attached hydrogens (tertiary/aromatic N) is 1. The molecule has 0 aromatic rings. The smallest absolute Gasteiger partial charge is 0.239 e. The van der Waals surface area contributed by atoms with E-state index in [4.69, 9.17) is 10.5 Å². The molecule has 0 radical (unpaired) electrons. The molecule has 0 aliphatic heterocycles. The van der Waals surface area contributed by atoms with E-state index in [0.717, 1.165) is 12.8 Å². The molecule has 124 valence electrons. The van der Waals surface area contributed by atoms with Gasteiger partial charge in [0.1, 0.15) is 0 Å². The first-order valence-electron chi connectivity index (χ1n) is 7.60. The van der Waals surface area contributed by atoms with Crippen LogP contribution >= 0.6 is 0 Å². The molecule has 0 bridgehead atoms. The monoisotopic (exact) mass is 301 g/mol. The summed E-state index contributed by atoms with van der Waals surface area (Å²) >= 11 is 0. The summed E-state index contributed by atoms with van der Waals surface area (Å²) < 4.78 is 4.90. The van der Waals surface area contributed by atoms with E-state index in [0.29, 0.717) is 32.0 Å². The predicted octanol–water partition coefficient (Wildman–Crippen LogP) is 0.609. The minimum atomic E-state index is -0.143. The molecule has 0 saturated heterocycles. The van der Waals surface area contributed by atoms with Crippen LogP contribution < -0.4 is 11.1 Å². The van der Waals surface area contributed by atoms with Crippen molar-refractivity contribution in [2.45, 2.75) is 33.1 Å².